The molecule has 0 atom stereocenters. The third-order valence-electron chi connectivity index (χ3n) is 4.20. The maximum atomic E-state index is 12.4. The number of amides is 3. The number of nitrogens with one attached hydrogen (secondary N) is 3. The minimum atomic E-state index is -0.914. The van der Waals surface area contributed by atoms with Gasteiger partial charge in [-0.05, 0) is 57.0 Å². The highest BCUT2D eigenvalue weighted by molar-refractivity contribution is 6.05. The molecule has 0 aliphatic rings. The molecule has 7 nitrogen and oxygen atoms in total. The highest BCUT2D eigenvalue weighted by Gasteiger charge is 2.22. The van der Waals surface area contributed by atoms with E-state index in [0.29, 0.717) is 23.4 Å². The summed E-state index contributed by atoms with van der Waals surface area (Å²) in [5.74, 6) is -1.19. The molecule has 0 aliphatic carbocycles. The predicted octanol–water partition coefficient (Wildman–Crippen LogP) is 4.01. The van der Waals surface area contributed by atoms with Crippen molar-refractivity contribution in [1.82, 2.24) is 5.32 Å². The Morgan fingerprint density at radius 3 is 2.32 bits per heavy atom. The Morgan fingerprint density at radius 2 is 1.68 bits per heavy atom. The van der Waals surface area contributed by atoms with Gasteiger partial charge in [0, 0.05) is 28.9 Å². The fraction of sp³-hybridized carbons (Fsp3) is 0.286. The third kappa shape index (κ3) is 6.42. The Kier molecular flexibility index (Phi) is 6.76. The van der Waals surface area contributed by atoms with Crippen LogP contribution in [0.25, 0.3) is 0 Å². The van der Waals surface area contributed by atoms with Crippen molar-refractivity contribution in [2.75, 3.05) is 10.6 Å². The van der Waals surface area contributed by atoms with Crippen LogP contribution in [0.15, 0.2) is 48.5 Å². The van der Waals surface area contributed by atoms with Gasteiger partial charge >= 0.3 is 12.0 Å². The molecule has 0 unspecified atom stereocenters. The molecule has 0 fully saturated rings. The molecule has 28 heavy (non-hydrogen) atoms. The minimum absolute atomic E-state index is 0.0402. The zero-order valence-corrected chi connectivity index (χ0v) is 16.2. The van der Waals surface area contributed by atoms with Gasteiger partial charge in [0.25, 0.3) is 5.91 Å². The summed E-state index contributed by atoms with van der Waals surface area (Å²) in [5.41, 5.74) is 1.72. The number of carbonyl (C=O) groups is 3. The topological polar surface area (TPSA) is 108 Å². The molecule has 148 valence electrons. The third-order valence-corrected chi connectivity index (χ3v) is 4.20. The van der Waals surface area contributed by atoms with E-state index < -0.39 is 17.5 Å². The van der Waals surface area contributed by atoms with E-state index in [4.69, 9.17) is 5.11 Å². The van der Waals surface area contributed by atoms with Crippen LogP contribution in [0.5, 0.6) is 0 Å². The van der Waals surface area contributed by atoms with Crippen molar-refractivity contribution in [2.24, 2.45) is 0 Å². The summed E-state index contributed by atoms with van der Waals surface area (Å²) >= 11 is 0. The molecule has 0 aliphatic heterocycles. The average Bonchev–Trinajstić information content (AvgIpc) is 2.62. The van der Waals surface area contributed by atoms with Crippen molar-refractivity contribution in [3.8, 4) is 0 Å². The first-order valence-corrected chi connectivity index (χ1v) is 8.94. The SMILES string of the molecule is Cc1ccc(C(=O)Nc2ccccc2)cc1NC(=O)NC(C)(C)CCC(=O)O. The van der Waals surface area contributed by atoms with Crippen LogP contribution in [0, 0.1) is 6.92 Å². The number of anilines is 2. The molecule has 2 aromatic rings. The van der Waals surface area contributed by atoms with Crippen molar-refractivity contribution < 1.29 is 19.5 Å². The Balaban J connectivity index is 2.05. The largest absolute Gasteiger partial charge is 0.481 e. The fourth-order valence-corrected chi connectivity index (χ4v) is 2.57. The number of hydrogen-bond acceptors (Lipinski definition) is 3. The van der Waals surface area contributed by atoms with Gasteiger partial charge in [0.2, 0.25) is 0 Å². The lowest BCUT2D eigenvalue weighted by molar-refractivity contribution is -0.137. The highest BCUT2D eigenvalue weighted by atomic mass is 16.4. The minimum Gasteiger partial charge on any atom is -0.481 e. The van der Waals surface area contributed by atoms with Crippen molar-refractivity contribution in [2.45, 2.75) is 39.2 Å². The van der Waals surface area contributed by atoms with Crippen molar-refractivity contribution >= 4 is 29.3 Å². The maximum absolute atomic E-state index is 12.4. The van der Waals surface area contributed by atoms with Gasteiger partial charge in [-0.3, -0.25) is 9.59 Å². The van der Waals surface area contributed by atoms with E-state index in [1.807, 2.05) is 25.1 Å². The molecule has 0 heterocycles. The highest BCUT2D eigenvalue weighted by Crippen LogP contribution is 2.19. The number of carboxylic acid groups (broad SMARTS) is 1. The summed E-state index contributed by atoms with van der Waals surface area (Å²) in [5, 5.41) is 17.1. The molecule has 0 radical (unpaired) electrons. The van der Waals surface area contributed by atoms with Gasteiger partial charge in [0.1, 0.15) is 0 Å². The second-order valence-electron chi connectivity index (χ2n) is 7.21. The predicted molar refractivity (Wildman–Crippen MR) is 109 cm³/mol. The molecule has 0 saturated heterocycles. The zero-order valence-electron chi connectivity index (χ0n) is 16.2. The summed E-state index contributed by atoms with van der Waals surface area (Å²) in [6.45, 7) is 5.34. The van der Waals surface area contributed by atoms with E-state index in [9.17, 15) is 14.4 Å². The fourth-order valence-electron chi connectivity index (χ4n) is 2.57. The van der Waals surface area contributed by atoms with E-state index in [1.54, 1.807) is 44.2 Å². The lowest BCUT2D eigenvalue weighted by atomic mass is 9.99. The summed E-state index contributed by atoms with van der Waals surface area (Å²) < 4.78 is 0. The number of aliphatic carboxylic acids is 1. The van der Waals surface area contributed by atoms with Crippen LogP contribution in [0.3, 0.4) is 0 Å². The first kappa shape index (κ1) is 21.0. The molecule has 7 heteroatoms. The monoisotopic (exact) mass is 383 g/mol. The van der Waals surface area contributed by atoms with Crippen molar-refractivity contribution in [3.05, 3.63) is 59.7 Å². The van der Waals surface area contributed by atoms with E-state index in [0.717, 1.165) is 5.56 Å². The molecule has 2 rings (SSSR count). The van der Waals surface area contributed by atoms with Gasteiger partial charge in [-0.15, -0.1) is 0 Å². The van der Waals surface area contributed by atoms with Gasteiger partial charge in [-0.1, -0.05) is 24.3 Å². The second-order valence-corrected chi connectivity index (χ2v) is 7.21. The molecule has 0 spiro atoms. The first-order valence-electron chi connectivity index (χ1n) is 8.94. The molecule has 0 saturated carbocycles. The van der Waals surface area contributed by atoms with E-state index in [2.05, 4.69) is 16.0 Å². The van der Waals surface area contributed by atoms with Crippen LogP contribution < -0.4 is 16.0 Å². The summed E-state index contributed by atoms with van der Waals surface area (Å²) in [7, 11) is 0. The molecule has 0 bridgehead atoms. The molecule has 2 aromatic carbocycles. The maximum Gasteiger partial charge on any atom is 0.319 e. The number of rotatable bonds is 7. The number of para-hydroxylation sites is 1. The number of carbonyl (C=O) groups excluding carboxylic acids is 2. The molecular formula is C21H25N3O4. The van der Waals surface area contributed by atoms with E-state index in [-0.39, 0.29) is 12.3 Å². The Bertz CT molecular complexity index is 863. The second kappa shape index (κ2) is 9.03. The Hall–Kier alpha value is -3.35. The van der Waals surface area contributed by atoms with Crippen LogP contribution in [0.4, 0.5) is 16.2 Å². The lowest BCUT2D eigenvalue weighted by Crippen LogP contribution is -2.45. The average molecular weight is 383 g/mol. The molecule has 0 aromatic heterocycles. The quantitative estimate of drug-likeness (QED) is 0.579. The first-order chi connectivity index (χ1) is 13.2. The van der Waals surface area contributed by atoms with E-state index >= 15 is 0 Å². The Labute approximate surface area is 164 Å². The molecule has 3 amide bonds. The van der Waals surface area contributed by atoms with Gasteiger partial charge in [-0.25, -0.2) is 4.79 Å². The van der Waals surface area contributed by atoms with Crippen LogP contribution in [-0.2, 0) is 4.79 Å². The van der Waals surface area contributed by atoms with Crippen LogP contribution in [0.1, 0.15) is 42.6 Å². The van der Waals surface area contributed by atoms with Crippen molar-refractivity contribution in [3.63, 3.8) is 0 Å². The van der Waals surface area contributed by atoms with Crippen LogP contribution in [-0.4, -0.2) is 28.6 Å². The molecule has 4 N–H and O–H groups in total. The number of hydrogen-bond donors (Lipinski definition) is 4. The van der Waals surface area contributed by atoms with E-state index in [1.165, 1.54) is 0 Å². The Morgan fingerprint density at radius 1 is 1.00 bits per heavy atom. The van der Waals surface area contributed by atoms with Gasteiger partial charge in [0.15, 0.2) is 0 Å². The number of carboxylic acids is 1. The van der Waals surface area contributed by atoms with Crippen molar-refractivity contribution in [1.29, 1.82) is 0 Å². The number of urea groups is 1. The number of aryl methyl sites for hydroxylation is 1. The summed E-state index contributed by atoms with van der Waals surface area (Å²) in [6, 6.07) is 13.7. The molecular weight excluding hydrogens is 358 g/mol. The summed E-state index contributed by atoms with van der Waals surface area (Å²) in [4.78, 5) is 35.5. The van der Waals surface area contributed by atoms with Gasteiger partial charge in [-0.2, -0.15) is 0 Å². The normalized spacial score (nSPS) is 10.8. The number of benzene rings is 2. The zero-order chi connectivity index (χ0) is 20.7. The van der Waals surface area contributed by atoms with Crippen LogP contribution in [0.2, 0.25) is 0 Å². The van der Waals surface area contributed by atoms with Gasteiger partial charge < -0.3 is 21.1 Å². The lowest BCUT2D eigenvalue weighted by Gasteiger charge is -2.26. The summed E-state index contributed by atoms with van der Waals surface area (Å²) in [6.07, 6.45) is 0.260. The smallest absolute Gasteiger partial charge is 0.319 e. The van der Waals surface area contributed by atoms with Crippen LogP contribution >= 0.6 is 0 Å². The standard InChI is InChI=1S/C21H25N3O4/c1-14-9-10-15(19(27)22-16-7-5-4-6-8-16)13-17(14)23-20(28)24-21(2,3)12-11-18(25)26/h4-10,13H,11-12H2,1-3H3,(H,22,27)(H,25,26)(H2,23,24,28). The van der Waals surface area contributed by atoms with Gasteiger partial charge in [0.05, 0.1) is 0 Å².